The molecule has 0 radical (unpaired) electrons. The zero-order valence-electron chi connectivity index (χ0n) is 47.3. The van der Waals surface area contributed by atoms with Gasteiger partial charge in [-0.25, -0.2) is 0 Å². The van der Waals surface area contributed by atoms with Gasteiger partial charge in [-0.05, 0) is 142 Å². The van der Waals surface area contributed by atoms with Gasteiger partial charge in [-0.2, -0.15) is 0 Å². The number of benzene rings is 2. The average molecular weight is 1030 g/mol. The van der Waals surface area contributed by atoms with Gasteiger partial charge < -0.3 is 20.6 Å². The van der Waals surface area contributed by atoms with Crippen molar-refractivity contribution in [2.24, 2.45) is 0 Å². The fourth-order valence-electron chi connectivity index (χ4n) is 5.32. The first-order valence-corrected chi connectivity index (χ1v) is 50.4. The molecule has 0 N–H and O–H groups in total. The minimum absolute atomic E-state index is 0. The Hall–Kier alpha value is 0.192. The van der Waals surface area contributed by atoms with Crippen molar-refractivity contribution in [2.75, 3.05) is 0 Å². The van der Waals surface area contributed by atoms with Crippen molar-refractivity contribution in [3.63, 3.8) is 0 Å². The summed E-state index contributed by atoms with van der Waals surface area (Å²) in [6.45, 7) is 73.4. The van der Waals surface area contributed by atoms with Crippen LogP contribution < -0.4 is 10.4 Å². The second-order valence-electron chi connectivity index (χ2n) is 27.1. The molecular weight excluding hydrogens is 921 g/mol. The van der Waals surface area contributed by atoms with Crippen LogP contribution in [0.15, 0.2) is 60.7 Å². The molecule has 2 rings (SSSR count). The van der Waals surface area contributed by atoms with Crippen LogP contribution in [0.2, 0.25) is 151 Å². The van der Waals surface area contributed by atoms with Gasteiger partial charge in [0.25, 0.3) is 0 Å². The zero-order chi connectivity index (χ0) is 50.3. The van der Waals surface area contributed by atoms with E-state index in [0.29, 0.717) is 10.1 Å². The van der Waals surface area contributed by atoms with Crippen molar-refractivity contribution in [3.8, 4) is 0 Å². The summed E-state index contributed by atoms with van der Waals surface area (Å²) >= 11 is 0. The number of rotatable bonds is 12. The van der Waals surface area contributed by atoms with E-state index < -0.39 is 75.1 Å². The summed E-state index contributed by atoms with van der Waals surface area (Å²) in [5.74, 6) is 0. The molecule has 0 spiro atoms. The van der Waals surface area contributed by atoms with Crippen molar-refractivity contribution < 1.29 is 20.6 Å². The molecule has 5 nitrogen and oxygen atoms in total. The molecule has 0 aliphatic rings. The molecule has 0 aliphatic heterocycles. The SMILES string of the molecule is C.CC(C)(C)[Si](C)(C)C.CC(C)(C)[Si](C)(C)O[Si](C)(C)C.CC(C)(C)[Si](C)(C)O[Si](C)(C)O[Si](C)(C)c1ccccc1.CC(C)(C)[Si](C)(C)O[Si](C)(O[Si](C)(C)C)c1ccccc1. The molecule has 0 saturated heterocycles. The molecule has 1 unspecified atom stereocenters. The monoisotopic (exact) mass is 1030 g/mol. The highest BCUT2D eigenvalue weighted by Gasteiger charge is 2.48. The summed E-state index contributed by atoms with van der Waals surface area (Å²) in [4.78, 5) is 0. The third-order valence-corrected chi connectivity index (χ3v) is 51.5. The summed E-state index contributed by atoms with van der Waals surface area (Å²) in [7, 11) is -15.4. The molecule has 0 bridgehead atoms. The lowest BCUT2D eigenvalue weighted by molar-refractivity contribution is 0.376. The largest absolute Gasteiger partial charge is 0.455 e. The van der Waals surface area contributed by atoms with Gasteiger partial charge in [-0.15, -0.1) is 0 Å². The van der Waals surface area contributed by atoms with Gasteiger partial charge in [-0.1, -0.05) is 171 Å². The van der Waals surface area contributed by atoms with Gasteiger partial charge in [0, 0.05) is 8.07 Å². The van der Waals surface area contributed by atoms with Crippen molar-refractivity contribution in [2.45, 2.75) is 242 Å². The predicted molar refractivity (Wildman–Crippen MR) is 312 cm³/mol. The zero-order valence-corrected chi connectivity index (χ0v) is 56.3. The fraction of sp³-hybridized carbons (Fsp3) is 0.755. The third-order valence-electron chi connectivity index (χ3n) is 12.9. The summed E-state index contributed by atoms with van der Waals surface area (Å²) < 4.78 is 33.0. The smallest absolute Gasteiger partial charge is 0.348 e. The maximum absolute atomic E-state index is 6.84. The standard InChI is InChI=1S/2C16H32O2Si3.C9H24OSi2.C7H18Si.CH4/c1-16(2,3)20(6,7)18-21(8,9)17-19(4,5)15-13-11-10-12-14-15;1-16(2,3)20(7,8)18-21(9,17-19(4,5)6)15-13-11-10-12-14-15;1-9(2,3)12(7,8)10-11(4,5)6;1-7(2,3)8(4,5)6;/h2*10-14H,1-9H3;1-8H3;1-6H3;1H4. The van der Waals surface area contributed by atoms with Gasteiger partial charge in [0.05, 0.1) is 0 Å². The van der Waals surface area contributed by atoms with Crippen LogP contribution in [0.25, 0.3) is 0 Å². The first kappa shape index (κ1) is 67.5. The van der Waals surface area contributed by atoms with Gasteiger partial charge in [0.2, 0.25) is 8.32 Å². The highest BCUT2D eigenvalue weighted by atomic mass is 28.5. The average Bonchev–Trinajstić information content (AvgIpc) is 2.97. The van der Waals surface area contributed by atoms with Crippen molar-refractivity contribution in [1.82, 2.24) is 0 Å². The van der Waals surface area contributed by atoms with E-state index >= 15 is 0 Å². The second-order valence-corrected chi connectivity index (χ2v) is 68.1. The minimum atomic E-state index is -2.38. The summed E-state index contributed by atoms with van der Waals surface area (Å²) in [6, 6.07) is 21.2. The lowest BCUT2D eigenvalue weighted by Crippen LogP contribution is -2.62. The number of hydrogen-bond donors (Lipinski definition) is 0. The summed E-state index contributed by atoms with van der Waals surface area (Å²) in [5, 5.41) is 3.93. The van der Waals surface area contributed by atoms with E-state index in [1.165, 1.54) is 10.4 Å². The minimum Gasteiger partial charge on any atom is -0.455 e. The maximum atomic E-state index is 6.84. The molecule has 0 saturated carbocycles. The van der Waals surface area contributed by atoms with Gasteiger partial charge >= 0.3 is 17.1 Å². The van der Waals surface area contributed by atoms with E-state index in [4.69, 9.17) is 20.6 Å². The van der Waals surface area contributed by atoms with E-state index in [0.717, 1.165) is 0 Å². The Kier molecular flexibility index (Phi) is 25.3. The predicted octanol–water partition coefficient (Wildman–Crippen LogP) is 17.3. The molecule has 1 atom stereocenters. The van der Waals surface area contributed by atoms with Gasteiger partial charge in [0.15, 0.2) is 41.6 Å². The molecule has 0 heterocycles. The van der Waals surface area contributed by atoms with Crippen LogP contribution in [0, 0.1) is 0 Å². The van der Waals surface area contributed by atoms with E-state index in [9.17, 15) is 0 Å². The maximum Gasteiger partial charge on any atom is 0.348 e. The Morgan fingerprint density at radius 2 is 0.587 bits per heavy atom. The normalized spacial score (nSPS) is 15.0. The Balaban J connectivity index is -0.000000806. The molecule has 0 amide bonds. The highest BCUT2D eigenvalue weighted by molar-refractivity contribution is 6.95. The van der Waals surface area contributed by atoms with Crippen LogP contribution >= 0.6 is 0 Å². The quantitative estimate of drug-likeness (QED) is 0.198. The molecule has 0 aliphatic carbocycles. The third kappa shape index (κ3) is 25.4. The van der Waals surface area contributed by atoms with Crippen molar-refractivity contribution >= 4 is 85.5 Å². The topological polar surface area (TPSA) is 46.2 Å². The van der Waals surface area contributed by atoms with Gasteiger partial charge in [0.1, 0.15) is 0 Å². The van der Waals surface area contributed by atoms with Crippen LogP contribution in [-0.4, -0.2) is 75.1 Å². The van der Waals surface area contributed by atoms with Crippen molar-refractivity contribution in [1.29, 1.82) is 0 Å². The first-order valence-electron chi connectivity index (χ1n) is 23.4. The van der Waals surface area contributed by atoms with Crippen LogP contribution in [0.1, 0.15) is 90.5 Å². The molecule has 2 aromatic carbocycles. The molecule has 14 heteroatoms. The first-order chi connectivity index (χ1) is 26.7. The Morgan fingerprint density at radius 3 is 0.841 bits per heavy atom. The van der Waals surface area contributed by atoms with Crippen LogP contribution in [0.4, 0.5) is 0 Å². The van der Waals surface area contributed by atoms with Crippen molar-refractivity contribution in [3.05, 3.63) is 60.7 Å². The summed E-state index contributed by atoms with van der Waals surface area (Å²) in [5.41, 5.74) is 0. The summed E-state index contributed by atoms with van der Waals surface area (Å²) in [6.07, 6.45) is 0. The molecule has 2 aromatic rings. The van der Waals surface area contributed by atoms with E-state index in [2.05, 4.69) is 275 Å². The van der Waals surface area contributed by atoms with Gasteiger partial charge in [-0.3, -0.25) is 0 Å². The molecular formula is C49H110O5Si9. The van der Waals surface area contributed by atoms with Crippen LogP contribution in [-0.2, 0) is 20.6 Å². The Morgan fingerprint density at radius 1 is 0.317 bits per heavy atom. The molecule has 0 aromatic heterocycles. The van der Waals surface area contributed by atoms with Crippen LogP contribution in [0.3, 0.4) is 0 Å². The number of hydrogen-bond acceptors (Lipinski definition) is 5. The van der Waals surface area contributed by atoms with E-state index in [1.807, 2.05) is 0 Å². The lowest BCUT2D eigenvalue weighted by Gasteiger charge is -2.45. The highest BCUT2D eigenvalue weighted by Crippen LogP contribution is 2.41. The Bertz CT molecular complexity index is 1570. The second kappa shape index (κ2) is 23.7. The fourth-order valence-corrected chi connectivity index (χ4v) is 37.8. The Labute approximate surface area is 405 Å². The lowest BCUT2D eigenvalue weighted by atomic mass is 10.2. The van der Waals surface area contributed by atoms with Crippen LogP contribution in [0.5, 0.6) is 0 Å². The van der Waals surface area contributed by atoms with E-state index in [1.54, 1.807) is 0 Å². The molecule has 0 fully saturated rings. The van der Waals surface area contributed by atoms with E-state index in [-0.39, 0.29) is 17.5 Å². The molecule has 63 heavy (non-hydrogen) atoms. The molecule has 372 valence electrons.